The lowest BCUT2D eigenvalue weighted by atomic mass is 10.4. The molecule has 0 amide bonds. The second-order valence-electron chi connectivity index (χ2n) is 3.23. The number of hydrogen-bond donors (Lipinski definition) is 1. The number of aromatic nitrogens is 1. The highest BCUT2D eigenvalue weighted by molar-refractivity contribution is 7.17. The van der Waals surface area contributed by atoms with E-state index >= 15 is 0 Å². The standard InChI is InChI=1S/C9H13N3O2S/c10-5-7(13)8-6-11-9(15-8)12-1-3-14-4-2-12/h6H,1-5,10H2. The molecule has 1 aliphatic rings. The fourth-order valence-electron chi connectivity index (χ4n) is 1.40. The molecular formula is C9H13N3O2S. The first kappa shape index (κ1) is 10.5. The van der Waals surface area contributed by atoms with Crippen molar-refractivity contribution in [2.75, 3.05) is 37.7 Å². The normalized spacial score (nSPS) is 16.7. The Bertz CT molecular complexity index is 347. The molecule has 15 heavy (non-hydrogen) atoms. The Labute approximate surface area is 91.9 Å². The van der Waals surface area contributed by atoms with Crippen molar-refractivity contribution in [3.8, 4) is 0 Å². The molecule has 0 saturated carbocycles. The molecule has 82 valence electrons. The van der Waals surface area contributed by atoms with Crippen LogP contribution in [0.25, 0.3) is 0 Å². The molecule has 1 aliphatic heterocycles. The van der Waals surface area contributed by atoms with E-state index in [1.54, 1.807) is 6.20 Å². The van der Waals surface area contributed by atoms with Crippen LogP contribution in [0.4, 0.5) is 5.13 Å². The quantitative estimate of drug-likeness (QED) is 0.743. The molecule has 5 nitrogen and oxygen atoms in total. The number of nitrogens with two attached hydrogens (primary N) is 1. The Morgan fingerprint density at radius 3 is 3.00 bits per heavy atom. The Kier molecular flexibility index (Phi) is 3.30. The monoisotopic (exact) mass is 227 g/mol. The molecule has 1 fully saturated rings. The number of nitrogens with zero attached hydrogens (tertiary/aromatic N) is 2. The van der Waals surface area contributed by atoms with Crippen molar-refractivity contribution in [1.82, 2.24) is 4.98 Å². The fourth-order valence-corrected chi connectivity index (χ4v) is 2.31. The summed E-state index contributed by atoms with van der Waals surface area (Å²) in [5.41, 5.74) is 5.29. The Hall–Kier alpha value is -0.980. The highest BCUT2D eigenvalue weighted by Gasteiger charge is 2.16. The molecule has 2 heterocycles. The number of ketones is 1. The summed E-state index contributed by atoms with van der Waals surface area (Å²) in [7, 11) is 0. The van der Waals surface area contributed by atoms with Gasteiger partial charge in [0.25, 0.3) is 0 Å². The molecule has 1 saturated heterocycles. The zero-order chi connectivity index (χ0) is 10.7. The number of rotatable bonds is 3. The first-order valence-corrected chi connectivity index (χ1v) is 5.64. The third kappa shape index (κ3) is 2.34. The van der Waals surface area contributed by atoms with E-state index in [0.29, 0.717) is 4.88 Å². The van der Waals surface area contributed by atoms with E-state index in [9.17, 15) is 4.79 Å². The minimum absolute atomic E-state index is 0.0464. The van der Waals surface area contributed by atoms with Crippen LogP contribution in [0.2, 0.25) is 0 Å². The van der Waals surface area contributed by atoms with E-state index in [1.165, 1.54) is 11.3 Å². The molecule has 0 aromatic carbocycles. The highest BCUT2D eigenvalue weighted by Crippen LogP contribution is 2.23. The second kappa shape index (κ2) is 4.69. The van der Waals surface area contributed by atoms with Gasteiger partial charge in [0.15, 0.2) is 10.9 Å². The zero-order valence-electron chi connectivity index (χ0n) is 8.31. The molecule has 0 aliphatic carbocycles. The molecular weight excluding hydrogens is 214 g/mol. The second-order valence-corrected chi connectivity index (χ2v) is 4.24. The topological polar surface area (TPSA) is 68.5 Å². The van der Waals surface area contributed by atoms with Crippen molar-refractivity contribution in [1.29, 1.82) is 0 Å². The molecule has 6 heteroatoms. The van der Waals surface area contributed by atoms with Gasteiger partial charge in [0.05, 0.1) is 30.8 Å². The molecule has 1 aromatic rings. The number of Topliss-reactive ketones (excluding diaryl/α,β-unsaturated/α-hetero) is 1. The van der Waals surface area contributed by atoms with Gasteiger partial charge in [-0.2, -0.15) is 0 Å². The van der Waals surface area contributed by atoms with Gasteiger partial charge in [-0.15, -0.1) is 0 Å². The van der Waals surface area contributed by atoms with E-state index in [4.69, 9.17) is 10.5 Å². The summed E-state index contributed by atoms with van der Waals surface area (Å²) in [5, 5.41) is 0.884. The summed E-state index contributed by atoms with van der Waals surface area (Å²) in [6, 6.07) is 0. The first-order chi connectivity index (χ1) is 7.31. The minimum atomic E-state index is -0.0491. The molecule has 0 radical (unpaired) electrons. The Morgan fingerprint density at radius 2 is 2.33 bits per heavy atom. The molecule has 2 N–H and O–H groups in total. The summed E-state index contributed by atoms with van der Waals surface area (Å²) in [6.45, 7) is 3.16. The van der Waals surface area contributed by atoms with Gasteiger partial charge < -0.3 is 15.4 Å². The van der Waals surface area contributed by atoms with E-state index in [0.717, 1.165) is 31.4 Å². The van der Waals surface area contributed by atoms with Crippen molar-refractivity contribution in [2.24, 2.45) is 5.73 Å². The van der Waals surface area contributed by atoms with Crippen molar-refractivity contribution in [2.45, 2.75) is 0 Å². The van der Waals surface area contributed by atoms with Gasteiger partial charge in [0.1, 0.15) is 0 Å². The third-order valence-electron chi connectivity index (χ3n) is 2.24. The molecule has 0 unspecified atom stereocenters. The molecule has 0 bridgehead atoms. The molecule has 0 spiro atoms. The summed E-state index contributed by atoms with van der Waals surface area (Å²) in [6.07, 6.45) is 1.60. The number of ether oxygens (including phenoxy) is 1. The molecule has 1 aromatic heterocycles. The van der Waals surface area contributed by atoms with Crippen molar-refractivity contribution >= 4 is 22.3 Å². The van der Waals surface area contributed by atoms with Crippen LogP contribution >= 0.6 is 11.3 Å². The number of anilines is 1. The summed E-state index contributed by atoms with van der Waals surface area (Å²) < 4.78 is 5.24. The van der Waals surface area contributed by atoms with Crippen molar-refractivity contribution in [3.63, 3.8) is 0 Å². The third-order valence-corrected chi connectivity index (χ3v) is 3.33. The van der Waals surface area contributed by atoms with Crippen LogP contribution in [0.15, 0.2) is 6.20 Å². The first-order valence-electron chi connectivity index (χ1n) is 4.83. The van der Waals surface area contributed by atoms with Gasteiger partial charge in [-0.1, -0.05) is 11.3 Å². The van der Waals surface area contributed by atoms with Gasteiger partial charge in [0.2, 0.25) is 0 Å². The van der Waals surface area contributed by atoms with Gasteiger partial charge in [-0.25, -0.2) is 4.98 Å². The van der Waals surface area contributed by atoms with Crippen LogP contribution in [0.5, 0.6) is 0 Å². The maximum Gasteiger partial charge on any atom is 0.187 e. The average Bonchev–Trinajstić information content (AvgIpc) is 2.78. The van der Waals surface area contributed by atoms with Crippen LogP contribution < -0.4 is 10.6 Å². The smallest absolute Gasteiger partial charge is 0.187 e. The van der Waals surface area contributed by atoms with E-state index in [2.05, 4.69) is 9.88 Å². The van der Waals surface area contributed by atoms with Gasteiger partial charge in [0, 0.05) is 13.1 Å². The highest BCUT2D eigenvalue weighted by atomic mass is 32.1. The van der Waals surface area contributed by atoms with Crippen molar-refractivity contribution < 1.29 is 9.53 Å². The minimum Gasteiger partial charge on any atom is -0.378 e. The SMILES string of the molecule is NCC(=O)c1cnc(N2CCOCC2)s1. The van der Waals surface area contributed by atoms with E-state index in [-0.39, 0.29) is 12.3 Å². The number of morpholine rings is 1. The summed E-state index contributed by atoms with van der Waals surface area (Å²) in [4.78, 5) is 18.3. The largest absolute Gasteiger partial charge is 0.378 e. The van der Waals surface area contributed by atoms with E-state index in [1.807, 2.05) is 0 Å². The number of thiazole rings is 1. The Balaban J connectivity index is 2.08. The van der Waals surface area contributed by atoms with E-state index < -0.39 is 0 Å². The molecule has 2 rings (SSSR count). The van der Waals surface area contributed by atoms with Crippen LogP contribution in [-0.4, -0.2) is 43.6 Å². The summed E-state index contributed by atoms with van der Waals surface area (Å²) >= 11 is 1.40. The number of carbonyl (C=O) groups is 1. The maximum absolute atomic E-state index is 11.3. The predicted octanol–water partition coefficient (Wildman–Crippen LogP) is 0.121. The maximum atomic E-state index is 11.3. The lowest BCUT2D eigenvalue weighted by Crippen LogP contribution is -2.36. The van der Waals surface area contributed by atoms with Crippen LogP contribution in [0.1, 0.15) is 9.67 Å². The average molecular weight is 227 g/mol. The van der Waals surface area contributed by atoms with Crippen LogP contribution in [0.3, 0.4) is 0 Å². The number of carbonyl (C=O) groups excluding carboxylic acids is 1. The zero-order valence-corrected chi connectivity index (χ0v) is 9.13. The van der Waals surface area contributed by atoms with Crippen LogP contribution in [0, 0.1) is 0 Å². The molecule has 0 atom stereocenters. The predicted molar refractivity (Wildman–Crippen MR) is 58.5 cm³/mol. The summed E-state index contributed by atoms with van der Waals surface area (Å²) in [5.74, 6) is -0.0491. The number of hydrogen-bond acceptors (Lipinski definition) is 6. The fraction of sp³-hybridized carbons (Fsp3) is 0.556. The lowest BCUT2D eigenvalue weighted by Gasteiger charge is -2.25. The van der Waals surface area contributed by atoms with Gasteiger partial charge in [-0.3, -0.25) is 4.79 Å². The Morgan fingerprint density at radius 1 is 1.60 bits per heavy atom. The lowest BCUT2D eigenvalue weighted by molar-refractivity contribution is 0.100. The van der Waals surface area contributed by atoms with Gasteiger partial charge >= 0.3 is 0 Å². The van der Waals surface area contributed by atoms with Crippen molar-refractivity contribution in [3.05, 3.63) is 11.1 Å². The van der Waals surface area contributed by atoms with Crippen LogP contribution in [-0.2, 0) is 4.74 Å². The van der Waals surface area contributed by atoms with Gasteiger partial charge in [-0.05, 0) is 0 Å².